The maximum atomic E-state index is 11.7. The Hall–Kier alpha value is -1.40. The van der Waals surface area contributed by atoms with Gasteiger partial charge in [-0.25, -0.2) is 4.98 Å². The van der Waals surface area contributed by atoms with Crippen LogP contribution in [0.15, 0.2) is 6.20 Å². The minimum atomic E-state index is -0.483. The van der Waals surface area contributed by atoms with Gasteiger partial charge in [0.25, 0.3) is 0 Å². The van der Waals surface area contributed by atoms with Gasteiger partial charge in [0.2, 0.25) is 11.2 Å². The van der Waals surface area contributed by atoms with Crippen LogP contribution in [0.4, 0.5) is 11.5 Å². The largest absolute Gasteiger partial charge is 0.379 e. The Kier molecular flexibility index (Phi) is 2.93. The Bertz CT molecular complexity index is 426. The summed E-state index contributed by atoms with van der Waals surface area (Å²) in [6, 6.07) is -0.483. The zero-order valence-corrected chi connectivity index (χ0v) is 9.58. The van der Waals surface area contributed by atoms with Crippen LogP contribution >= 0.6 is 11.6 Å². The van der Waals surface area contributed by atoms with E-state index in [-0.39, 0.29) is 17.3 Å². The molecule has 1 aliphatic heterocycles. The minimum Gasteiger partial charge on any atom is -0.379 e. The first-order valence-corrected chi connectivity index (χ1v) is 5.12. The highest BCUT2D eigenvalue weighted by molar-refractivity contribution is 6.28. The van der Waals surface area contributed by atoms with E-state index in [1.165, 1.54) is 6.20 Å². The lowest BCUT2D eigenvalue weighted by molar-refractivity contribution is -0.119. The second-order valence-corrected chi connectivity index (χ2v) is 3.79. The van der Waals surface area contributed by atoms with Gasteiger partial charge in [0, 0.05) is 7.11 Å². The number of carbonyl (C=O) groups excluding carboxylic acids is 1. The van der Waals surface area contributed by atoms with E-state index < -0.39 is 6.04 Å². The smallest absolute Gasteiger partial charge is 0.249 e. The Labute approximate surface area is 97.4 Å². The van der Waals surface area contributed by atoms with Crippen LogP contribution in [0.1, 0.15) is 6.92 Å². The molecule has 0 radical (unpaired) electrons. The monoisotopic (exact) mass is 242 g/mol. The molecule has 2 rings (SSSR count). The molecular weight excluding hydrogens is 232 g/mol. The van der Waals surface area contributed by atoms with Gasteiger partial charge < -0.3 is 15.4 Å². The zero-order valence-electron chi connectivity index (χ0n) is 8.82. The topological polar surface area (TPSA) is 76.1 Å². The third-order valence-corrected chi connectivity index (χ3v) is 2.62. The first-order valence-electron chi connectivity index (χ1n) is 4.74. The number of nitrogens with one attached hydrogen (secondary N) is 2. The number of halogens is 1. The predicted octanol–water partition coefficient (Wildman–Crippen LogP) is 0.897. The first kappa shape index (κ1) is 11.1. The molecule has 0 saturated heterocycles. The number of nitrogens with zero attached hydrogens (tertiary/aromatic N) is 2. The third-order valence-electron chi connectivity index (χ3n) is 2.43. The summed E-state index contributed by atoms with van der Waals surface area (Å²) in [5.74, 6) is 0.335. The number of fused-ring (bicyclic) bond motifs is 1. The highest BCUT2D eigenvalue weighted by Crippen LogP contribution is 2.25. The van der Waals surface area contributed by atoms with Crippen LogP contribution in [-0.4, -0.2) is 35.1 Å². The molecule has 0 saturated carbocycles. The fourth-order valence-corrected chi connectivity index (χ4v) is 1.59. The normalized spacial score (nSPS) is 20.7. The molecule has 0 spiro atoms. The van der Waals surface area contributed by atoms with E-state index in [1.807, 2.05) is 0 Å². The minimum absolute atomic E-state index is 0.131. The lowest BCUT2D eigenvalue weighted by atomic mass is 10.1. The molecule has 0 fully saturated rings. The number of ether oxygens (including phenoxy) is 1. The summed E-state index contributed by atoms with van der Waals surface area (Å²) in [6.07, 6.45) is 1.20. The van der Waals surface area contributed by atoms with E-state index in [2.05, 4.69) is 20.6 Å². The molecule has 16 heavy (non-hydrogen) atoms. The molecule has 0 aliphatic carbocycles. The summed E-state index contributed by atoms with van der Waals surface area (Å²) < 4.78 is 5.11. The number of anilines is 2. The van der Waals surface area contributed by atoms with Crippen LogP contribution in [-0.2, 0) is 9.53 Å². The van der Waals surface area contributed by atoms with Crippen LogP contribution in [0.2, 0.25) is 5.28 Å². The van der Waals surface area contributed by atoms with Gasteiger partial charge >= 0.3 is 0 Å². The summed E-state index contributed by atoms with van der Waals surface area (Å²) in [6.45, 7) is 1.80. The standard InChI is InChI=1S/C9H11ClN4O2/c1-4(16-2)6-8(15)12-5-3-11-9(10)14-7(5)13-6/h3-4,6H,1-2H3,(H,12,15)(H,11,13,14)/t4?,6-/m0/s1. The molecule has 1 amide bonds. The van der Waals surface area contributed by atoms with Gasteiger partial charge in [-0.05, 0) is 18.5 Å². The van der Waals surface area contributed by atoms with E-state index >= 15 is 0 Å². The third kappa shape index (κ3) is 1.94. The molecular formula is C9H11ClN4O2. The van der Waals surface area contributed by atoms with Crippen LogP contribution in [0, 0.1) is 0 Å². The van der Waals surface area contributed by atoms with E-state index in [1.54, 1.807) is 14.0 Å². The van der Waals surface area contributed by atoms with Gasteiger partial charge in [0.15, 0.2) is 5.82 Å². The number of amides is 1. The maximum absolute atomic E-state index is 11.7. The Morgan fingerprint density at radius 1 is 1.62 bits per heavy atom. The molecule has 0 bridgehead atoms. The van der Waals surface area contributed by atoms with Crippen molar-refractivity contribution >= 4 is 29.0 Å². The fourth-order valence-electron chi connectivity index (χ4n) is 1.45. The van der Waals surface area contributed by atoms with Crippen molar-refractivity contribution in [3.8, 4) is 0 Å². The van der Waals surface area contributed by atoms with Crippen LogP contribution < -0.4 is 10.6 Å². The number of hydrogen-bond acceptors (Lipinski definition) is 5. The number of hydrogen-bond donors (Lipinski definition) is 2. The molecule has 6 nitrogen and oxygen atoms in total. The summed E-state index contributed by atoms with van der Waals surface area (Å²) in [4.78, 5) is 19.5. The van der Waals surface area contributed by atoms with Gasteiger partial charge in [-0.3, -0.25) is 4.79 Å². The van der Waals surface area contributed by atoms with Crippen molar-refractivity contribution in [1.82, 2.24) is 9.97 Å². The van der Waals surface area contributed by atoms with Crippen molar-refractivity contribution in [2.45, 2.75) is 19.1 Å². The molecule has 2 heterocycles. The Morgan fingerprint density at radius 2 is 2.38 bits per heavy atom. The summed E-state index contributed by atoms with van der Waals surface area (Å²) >= 11 is 5.67. The van der Waals surface area contributed by atoms with Crippen LogP contribution in [0.5, 0.6) is 0 Å². The highest BCUT2D eigenvalue weighted by Gasteiger charge is 2.31. The van der Waals surface area contributed by atoms with Crippen molar-refractivity contribution in [2.24, 2.45) is 0 Å². The Balaban J connectivity index is 2.29. The zero-order chi connectivity index (χ0) is 11.7. The molecule has 2 atom stereocenters. The van der Waals surface area contributed by atoms with E-state index in [9.17, 15) is 4.79 Å². The number of aromatic nitrogens is 2. The van der Waals surface area contributed by atoms with E-state index in [0.29, 0.717) is 11.5 Å². The van der Waals surface area contributed by atoms with Gasteiger partial charge in [-0.15, -0.1) is 0 Å². The van der Waals surface area contributed by atoms with Gasteiger partial charge in [0.1, 0.15) is 11.7 Å². The van der Waals surface area contributed by atoms with Crippen LogP contribution in [0.3, 0.4) is 0 Å². The van der Waals surface area contributed by atoms with Crippen molar-refractivity contribution in [3.63, 3.8) is 0 Å². The number of rotatable bonds is 2. The van der Waals surface area contributed by atoms with Crippen molar-refractivity contribution < 1.29 is 9.53 Å². The van der Waals surface area contributed by atoms with E-state index in [0.717, 1.165) is 0 Å². The molecule has 7 heteroatoms. The van der Waals surface area contributed by atoms with E-state index in [4.69, 9.17) is 16.3 Å². The number of carbonyl (C=O) groups is 1. The molecule has 2 N–H and O–H groups in total. The molecule has 1 aromatic heterocycles. The lowest BCUT2D eigenvalue weighted by Crippen LogP contribution is -2.46. The summed E-state index contributed by atoms with van der Waals surface area (Å²) in [5, 5.41) is 5.78. The average molecular weight is 243 g/mol. The molecule has 86 valence electrons. The molecule has 0 aromatic carbocycles. The van der Waals surface area contributed by atoms with Gasteiger partial charge in [-0.2, -0.15) is 4.98 Å². The number of methoxy groups -OCH3 is 1. The van der Waals surface area contributed by atoms with Crippen molar-refractivity contribution in [1.29, 1.82) is 0 Å². The van der Waals surface area contributed by atoms with Gasteiger partial charge in [0.05, 0.1) is 12.3 Å². The Morgan fingerprint density at radius 3 is 3.06 bits per heavy atom. The second-order valence-electron chi connectivity index (χ2n) is 3.45. The highest BCUT2D eigenvalue weighted by atomic mass is 35.5. The molecule has 1 aliphatic rings. The quantitative estimate of drug-likeness (QED) is 0.754. The van der Waals surface area contributed by atoms with Crippen molar-refractivity contribution in [3.05, 3.63) is 11.5 Å². The maximum Gasteiger partial charge on any atom is 0.249 e. The molecule has 1 aromatic rings. The fraction of sp³-hybridized carbons (Fsp3) is 0.444. The summed E-state index contributed by atoms with van der Waals surface area (Å²) in [7, 11) is 1.54. The lowest BCUT2D eigenvalue weighted by Gasteiger charge is -2.28. The predicted molar refractivity (Wildman–Crippen MR) is 59.6 cm³/mol. The average Bonchev–Trinajstić information content (AvgIpc) is 2.28. The summed E-state index contributed by atoms with van der Waals surface area (Å²) in [5.41, 5.74) is 0.522. The van der Waals surface area contributed by atoms with Crippen molar-refractivity contribution in [2.75, 3.05) is 17.7 Å². The van der Waals surface area contributed by atoms with Crippen LogP contribution in [0.25, 0.3) is 0 Å². The second kappa shape index (κ2) is 4.23. The molecule has 1 unspecified atom stereocenters. The SMILES string of the molecule is COC(C)[C@@H]1Nc2nc(Cl)ncc2NC1=O. The first-order chi connectivity index (χ1) is 7.61. The van der Waals surface area contributed by atoms with Gasteiger partial charge in [-0.1, -0.05) is 0 Å².